The first kappa shape index (κ1) is 23.0. The van der Waals surface area contributed by atoms with E-state index in [4.69, 9.17) is 9.47 Å². The van der Waals surface area contributed by atoms with Crippen LogP contribution < -0.4 is 9.64 Å². The number of anilines is 1. The smallest absolute Gasteiger partial charge is 0.243 e. The Labute approximate surface area is 189 Å². The lowest BCUT2D eigenvalue weighted by Gasteiger charge is -2.39. The van der Waals surface area contributed by atoms with E-state index in [1.807, 2.05) is 18.2 Å². The van der Waals surface area contributed by atoms with E-state index >= 15 is 0 Å². The molecule has 0 amide bonds. The average molecular weight is 464 g/mol. The number of methoxy groups -OCH3 is 1. The van der Waals surface area contributed by atoms with Gasteiger partial charge in [0.05, 0.1) is 30.4 Å². The van der Waals surface area contributed by atoms with Crippen LogP contribution in [0.15, 0.2) is 47.4 Å². The highest BCUT2D eigenvalue weighted by Crippen LogP contribution is 2.28. The number of para-hydroxylation sites is 2. The topological polar surface area (TPSA) is 62.3 Å². The van der Waals surface area contributed by atoms with Gasteiger partial charge in [-0.3, -0.25) is 4.90 Å². The number of aryl methyl sites for hydroxylation is 1. The number of hydrogen-bond acceptors (Lipinski definition) is 6. The highest BCUT2D eigenvalue weighted by molar-refractivity contribution is 7.89. The minimum Gasteiger partial charge on any atom is -0.495 e. The maximum Gasteiger partial charge on any atom is 0.243 e. The van der Waals surface area contributed by atoms with E-state index in [2.05, 4.69) is 15.9 Å². The summed E-state index contributed by atoms with van der Waals surface area (Å²) >= 11 is 0. The highest BCUT2D eigenvalue weighted by Gasteiger charge is 2.32. The molecule has 0 spiro atoms. The second kappa shape index (κ2) is 9.74. The predicted molar refractivity (Wildman–Crippen MR) is 121 cm³/mol. The third-order valence-electron chi connectivity index (χ3n) is 6.14. The van der Waals surface area contributed by atoms with Gasteiger partial charge in [0.25, 0.3) is 0 Å². The molecule has 2 aromatic rings. The van der Waals surface area contributed by atoms with E-state index in [0.717, 1.165) is 43.7 Å². The molecule has 2 fully saturated rings. The van der Waals surface area contributed by atoms with Crippen molar-refractivity contribution in [2.24, 2.45) is 0 Å². The maximum absolute atomic E-state index is 13.9. The van der Waals surface area contributed by atoms with Crippen molar-refractivity contribution in [3.63, 3.8) is 0 Å². The largest absolute Gasteiger partial charge is 0.495 e. The number of piperazine rings is 1. The highest BCUT2D eigenvalue weighted by atomic mass is 32.2. The fourth-order valence-electron chi connectivity index (χ4n) is 4.25. The van der Waals surface area contributed by atoms with Crippen LogP contribution in [0.25, 0.3) is 0 Å². The Morgan fingerprint density at radius 1 is 1.09 bits per heavy atom. The molecule has 0 bridgehead atoms. The Hall–Kier alpha value is -2.20. The van der Waals surface area contributed by atoms with Crippen LogP contribution in [0, 0.1) is 12.7 Å². The summed E-state index contributed by atoms with van der Waals surface area (Å²) < 4.78 is 52.7. The molecule has 2 aliphatic rings. The number of sulfonamides is 1. The second-order valence-corrected chi connectivity index (χ2v) is 10.2. The molecule has 2 aromatic carbocycles. The normalized spacial score (nSPS) is 21.0. The summed E-state index contributed by atoms with van der Waals surface area (Å²) in [7, 11) is -2.07. The molecule has 4 rings (SSSR count). The molecule has 9 heteroatoms. The summed E-state index contributed by atoms with van der Waals surface area (Å²) in [6.45, 7) is 6.58. The van der Waals surface area contributed by atoms with Gasteiger partial charge in [0, 0.05) is 45.8 Å². The Balaban J connectivity index is 1.35. The van der Waals surface area contributed by atoms with Crippen LogP contribution in [0.4, 0.5) is 10.1 Å². The van der Waals surface area contributed by atoms with E-state index in [1.54, 1.807) is 14.0 Å². The van der Waals surface area contributed by atoms with Crippen molar-refractivity contribution >= 4 is 15.7 Å². The van der Waals surface area contributed by atoms with Crippen molar-refractivity contribution < 1.29 is 22.3 Å². The SMILES string of the molecule is COc1ccccc1N1CCN(C[C@H]2CN(S(=O)(=O)c3ccc(C)c(F)c3)CCO2)CC1. The molecular formula is C23H30FN3O4S. The van der Waals surface area contributed by atoms with Crippen molar-refractivity contribution in [3.05, 3.63) is 53.8 Å². The minimum atomic E-state index is -3.75. The van der Waals surface area contributed by atoms with Crippen LogP contribution >= 0.6 is 0 Å². The molecule has 0 unspecified atom stereocenters. The monoisotopic (exact) mass is 463 g/mol. The number of nitrogens with zero attached hydrogens (tertiary/aromatic N) is 3. The van der Waals surface area contributed by atoms with Crippen molar-refractivity contribution in [2.75, 3.05) is 64.4 Å². The zero-order valence-corrected chi connectivity index (χ0v) is 19.4. The molecule has 2 heterocycles. The molecule has 32 heavy (non-hydrogen) atoms. The maximum atomic E-state index is 13.9. The van der Waals surface area contributed by atoms with E-state index < -0.39 is 15.8 Å². The van der Waals surface area contributed by atoms with Gasteiger partial charge in [0.2, 0.25) is 10.0 Å². The van der Waals surface area contributed by atoms with Gasteiger partial charge in [-0.2, -0.15) is 4.31 Å². The molecule has 0 radical (unpaired) electrons. The van der Waals surface area contributed by atoms with Crippen LogP contribution in [0.2, 0.25) is 0 Å². The standard InChI is InChI=1S/C23H30FN3O4S/c1-18-7-8-20(15-21(18)24)32(28,29)27-13-14-31-19(17-27)16-25-9-11-26(12-10-25)22-5-3-4-6-23(22)30-2/h3-8,15,19H,9-14,16-17H2,1-2H3/t19-/m0/s1. The van der Waals surface area contributed by atoms with Crippen LogP contribution in [0.1, 0.15) is 5.56 Å². The molecule has 174 valence electrons. The number of benzene rings is 2. The van der Waals surface area contributed by atoms with Gasteiger partial charge >= 0.3 is 0 Å². The van der Waals surface area contributed by atoms with Crippen LogP contribution in [0.5, 0.6) is 5.75 Å². The van der Waals surface area contributed by atoms with Gasteiger partial charge in [-0.15, -0.1) is 0 Å². The van der Waals surface area contributed by atoms with Crippen molar-refractivity contribution in [3.8, 4) is 5.75 Å². The molecule has 2 aliphatic heterocycles. The molecule has 0 saturated carbocycles. The predicted octanol–water partition coefficient (Wildman–Crippen LogP) is 2.35. The summed E-state index contributed by atoms with van der Waals surface area (Å²) in [6.07, 6.45) is -0.216. The first-order chi connectivity index (χ1) is 15.4. The van der Waals surface area contributed by atoms with Gasteiger partial charge < -0.3 is 14.4 Å². The lowest BCUT2D eigenvalue weighted by Crippen LogP contribution is -2.53. The van der Waals surface area contributed by atoms with Gasteiger partial charge in [0.1, 0.15) is 11.6 Å². The number of morpholine rings is 1. The van der Waals surface area contributed by atoms with E-state index in [0.29, 0.717) is 18.7 Å². The quantitative estimate of drug-likeness (QED) is 0.656. The Morgan fingerprint density at radius 3 is 2.56 bits per heavy atom. The summed E-state index contributed by atoms with van der Waals surface area (Å²) in [5.41, 5.74) is 1.52. The zero-order chi connectivity index (χ0) is 22.7. The number of hydrogen-bond donors (Lipinski definition) is 0. The number of halogens is 1. The lowest BCUT2D eigenvalue weighted by atomic mass is 10.2. The van der Waals surface area contributed by atoms with E-state index in [1.165, 1.54) is 16.4 Å². The van der Waals surface area contributed by atoms with Crippen molar-refractivity contribution in [1.82, 2.24) is 9.21 Å². The Morgan fingerprint density at radius 2 is 1.84 bits per heavy atom. The summed E-state index contributed by atoms with van der Waals surface area (Å²) in [6, 6.07) is 12.1. The fraction of sp³-hybridized carbons (Fsp3) is 0.478. The number of ether oxygens (including phenoxy) is 2. The lowest BCUT2D eigenvalue weighted by molar-refractivity contribution is -0.0206. The van der Waals surface area contributed by atoms with Crippen LogP contribution in [-0.2, 0) is 14.8 Å². The molecule has 0 aromatic heterocycles. The zero-order valence-electron chi connectivity index (χ0n) is 18.5. The first-order valence-corrected chi connectivity index (χ1v) is 12.3. The first-order valence-electron chi connectivity index (χ1n) is 10.9. The second-order valence-electron chi connectivity index (χ2n) is 8.23. The summed E-state index contributed by atoms with van der Waals surface area (Å²) in [4.78, 5) is 4.60. The van der Waals surface area contributed by atoms with Crippen molar-refractivity contribution in [2.45, 2.75) is 17.9 Å². The van der Waals surface area contributed by atoms with Gasteiger partial charge in [-0.05, 0) is 36.8 Å². The third kappa shape index (κ3) is 4.91. The van der Waals surface area contributed by atoms with Crippen molar-refractivity contribution in [1.29, 1.82) is 0 Å². The molecular weight excluding hydrogens is 433 g/mol. The van der Waals surface area contributed by atoms with Crippen LogP contribution in [0.3, 0.4) is 0 Å². The van der Waals surface area contributed by atoms with Crippen LogP contribution in [-0.4, -0.2) is 83.3 Å². The van der Waals surface area contributed by atoms with Gasteiger partial charge in [0.15, 0.2) is 0 Å². The third-order valence-corrected chi connectivity index (χ3v) is 8.00. The van der Waals surface area contributed by atoms with E-state index in [9.17, 15) is 12.8 Å². The minimum absolute atomic E-state index is 0.00771. The number of rotatable bonds is 6. The summed E-state index contributed by atoms with van der Waals surface area (Å²) in [5.74, 6) is 0.355. The Bertz CT molecular complexity index is 1040. The fourth-order valence-corrected chi connectivity index (χ4v) is 5.72. The van der Waals surface area contributed by atoms with E-state index in [-0.39, 0.29) is 24.1 Å². The molecule has 2 saturated heterocycles. The van der Waals surface area contributed by atoms with Gasteiger partial charge in [-0.1, -0.05) is 18.2 Å². The molecule has 1 atom stereocenters. The molecule has 0 N–H and O–H groups in total. The molecule has 7 nitrogen and oxygen atoms in total. The van der Waals surface area contributed by atoms with Gasteiger partial charge in [-0.25, -0.2) is 12.8 Å². The molecule has 0 aliphatic carbocycles. The Kier molecular flexibility index (Phi) is 6.99. The summed E-state index contributed by atoms with van der Waals surface area (Å²) in [5, 5.41) is 0. The average Bonchev–Trinajstić information content (AvgIpc) is 2.81.